The van der Waals surface area contributed by atoms with Crippen LogP contribution in [-0.2, 0) is 17.8 Å². The molecule has 3 heterocycles. The number of rotatable bonds is 8. The Morgan fingerprint density at radius 3 is 2.68 bits per heavy atom. The van der Waals surface area contributed by atoms with Crippen LogP contribution in [0.4, 0.5) is 0 Å². The lowest BCUT2D eigenvalue weighted by Crippen LogP contribution is -2.10. The zero-order valence-electron chi connectivity index (χ0n) is 20.1. The van der Waals surface area contributed by atoms with Crippen LogP contribution in [0, 0.1) is 0 Å². The molecule has 198 valence electrons. The fourth-order valence-electron chi connectivity index (χ4n) is 4.44. The van der Waals surface area contributed by atoms with Crippen LogP contribution < -0.4 is 9.47 Å². The van der Waals surface area contributed by atoms with Crippen LogP contribution in [-0.4, -0.2) is 55.1 Å². The number of benzene rings is 2. The molecule has 0 unspecified atom stereocenters. The first-order valence-electron chi connectivity index (χ1n) is 11.4. The third kappa shape index (κ3) is 5.03. The zero-order valence-corrected chi connectivity index (χ0v) is 23.2. The smallest absolute Gasteiger partial charge is 0.311 e. The minimum Gasteiger partial charge on any atom is -0.493 e. The number of aryl methyl sites for hydroxylation is 1. The Labute approximate surface area is 236 Å². The fraction of sp³-hybridized carbons (Fsp3) is 0.292. The Balaban J connectivity index is 1.61. The minimum atomic E-state index is -1.03. The SMILES string of the molecule is COc1cccc([C@@H]2S[C@@H](CCn3nnc(CC(=O)O)n3)c3nc(Cl)c(Cl)n3-c3ccc(Cl)cc32)c1OC. The second-order valence-electron chi connectivity index (χ2n) is 8.34. The van der Waals surface area contributed by atoms with E-state index >= 15 is 0 Å². The molecular formula is C24H21Cl3N6O4S. The number of nitrogens with zero attached hydrogens (tertiary/aromatic N) is 6. The predicted octanol–water partition coefficient (Wildman–Crippen LogP) is 5.43. The average Bonchev–Trinajstić information content (AvgIpc) is 3.42. The van der Waals surface area contributed by atoms with Crippen molar-refractivity contribution in [2.45, 2.75) is 29.9 Å². The molecule has 14 heteroatoms. The van der Waals surface area contributed by atoms with Crippen molar-refractivity contribution >= 4 is 52.5 Å². The number of carbonyl (C=O) groups is 1. The van der Waals surface area contributed by atoms with Gasteiger partial charge in [-0.3, -0.25) is 9.36 Å². The summed E-state index contributed by atoms with van der Waals surface area (Å²) in [6, 6.07) is 11.3. The molecule has 2 atom stereocenters. The highest BCUT2D eigenvalue weighted by Gasteiger charge is 2.35. The first-order chi connectivity index (χ1) is 18.3. The summed E-state index contributed by atoms with van der Waals surface area (Å²) in [4.78, 5) is 17.0. The number of tetrazole rings is 1. The Morgan fingerprint density at radius 2 is 1.95 bits per heavy atom. The monoisotopic (exact) mass is 594 g/mol. The van der Waals surface area contributed by atoms with Crippen molar-refractivity contribution in [2.24, 2.45) is 0 Å². The number of thioether (sulfide) groups is 1. The van der Waals surface area contributed by atoms with Crippen LogP contribution in [0.5, 0.6) is 11.5 Å². The van der Waals surface area contributed by atoms with Gasteiger partial charge in [0, 0.05) is 10.6 Å². The van der Waals surface area contributed by atoms with Gasteiger partial charge in [0.15, 0.2) is 27.6 Å². The van der Waals surface area contributed by atoms with Gasteiger partial charge in [0.05, 0.1) is 37.0 Å². The van der Waals surface area contributed by atoms with Crippen molar-refractivity contribution in [3.05, 3.63) is 74.5 Å². The number of fused-ring (bicyclic) bond motifs is 3. The van der Waals surface area contributed by atoms with Gasteiger partial charge in [-0.15, -0.1) is 22.0 Å². The molecule has 1 aliphatic heterocycles. The van der Waals surface area contributed by atoms with E-state index in [1.54, 1.807) is 32.0 Å². The highest BCUT2D eigenvalue weighted by Crippen LogP contribution is 2.54. The molecule has 2 aromatic carbocycles. The van der Waals surface area contributed by atoms with Crippen LogP contribution in [0.3, 0.4) is 0 Å². The van der Waals surface area contributed by atoms with Gasteiger partial charge in [0.2, 0.25) is 0 Å². The molecule has 0 aliphatic carbocycles. The molecule has 5 rings (SSSR count). The predicted molar refractivity (Wildman–Crippen MR) is 144 cm³/mol. The number of halogens is 3. The number of methoxy groups -OCH3 is 2. The molecular weight excluding hydrogens is 575 g/mol. The van der Waals surface area contributed by atoms with Crippen molar-refractivity contribution in [1.29, 1.82) is 0 Å². The summed E-state index contributed by atoms with van der Waals surface area (Å²) in [6.07, 6.45) is 0.212. The van der Waals surface area contributed by atoms with Gasteiger partial charge in [0.1, 0.15) is 12.2 Å². The number of aromatic nitrogens is 6. The number of imidazole rings is 1. The van der Waals surface area contributed by atoms with Crippen LogP contribution >= 0.6 is 46.6 Å². The Hall–Kier alpha value is -2.99. The number of para-hydroxylation sites is 1. The number of hydrogen-bond donors (Lipinski definition) is 1. The molecule has 1 N–H and O–H groups in total. The van der Waals surface area contributed by atoms with E-state index in [-0.39, 0.29) is 33.1 Å². The van der Waals surface area contributed by atoms with E-state index in [1.807, 2.05) is 34.9 Å². The van der Waals surface area contributed by atoms with E-state index in [2.05, 4.69) is 20.4 Å². The van der Waals surface area contributed by atoms with Crippen LogP contribution in [0.15, 0.2) is 36.4 Å². The van der Waals surface area contributed by atoms with Crippen molar-refractivity contribution in [3.63, 3.8) is 0 Å². The van der Waals surface area contributed by atoms with E-state index in [0.717, 1.165) is 16.8 Å². The summed E-state index contributed by atoms with van der Waals surface area (Å²) in [5, 5.41) is 21.6. The van der Waals surface area contributed by atoms with Gasteiger partial charge in [-0.2, -0.15) is 4.80 Å². The molecule has 0 fully saturated rings. The minimum absolute atomic E-state index is 0.139. The Kier molecular flexibility index (Phi) is 7.71. The van der Waals surface area contributed by atoms with Gasteiger partial charge < -0.3 is 14.6 Å². The summed E-state index contributed by atoms with van der Waals surface area (Å²) < 4.78 is 13.2. The third-order valence-electron chi connectivity index (χ3n) is 6.02. The molecule has 0 bridgehead atoms. The number of aliphatic carboxylic acids is 1. The van der Waals surface area contributed by atoms with E-state index in [4.69, 9.17) is 49.4 Å². The van der Waals surface area contributed by atoms with Crippen molar-refractivity contribution in [1.82, 2.24) is 29.8 Å². The van der Waals surface area contributed by atoms with E-state index < -0.39 is 5.97 Å². The largest absolute Gasteiger partial charge is 0.493 e. The Bertz CT molecular complexity index is 1510. The molecule has 10 nitrogen and oxygen atoms in total. The maximum atomic E-state index is 11.0. The summed E-state index contributed by atoms with van der Waals surface area (Å²) in [5.74, 6) is 0.980. The molecule has 0 radical (unpaired) electrons. The normalized spacial score (nSPS) is 16.4. The van der Waals surface area contributed by atoms with Crippen molar-refractivity contribution < 1.29 is 19.4 Å². The number of ether oxygens (including phenoxy) is 2. The van der Waals surface area contributed by atoms with Gasteiger partial charge in [0.25, 0.3) is 0 Å². The molecule has 0 saturated heterocycles. The number of carboxylic acid groups (broad SMARTS) is 1. The summed E-state index contributed by atoms with van der Waals surface area (Å²) in [7, 11) is 3.20. The van der Waals surface area contributed by atoms with Gasteiger partial charge >= 0.3 is 5.97 Å². The van der Waals surface area contributed by atoms with Crippen LogP contribution in [0.2, 0.25) is 15.3 Å². The topological polar surface area (TPSA) is 117 Å². The lowest BCUT2D eigenvalue weighted by molar-refractivity contribution is -0.136. The van der Waals surface area contributed by atoms with E-state index in [1.165, 1.54) is 4.80 Å². The number of hydrogen-bond acceptors (Lipinski definition) is 8. The highest BCUT2D eigenvalue weighted by atomic mass is 35.5. The van der Waals surface area contributed by atoms with E-state index in [9.17, 15) is 4.79 Å². The Morgan fingerprint density at radius 1 is 1.13 bits per heavy atom. The average molecular weight is 596 g/mol. The quantitative estimate of drug-likeness (QED) is 0.284. The van der Waals surface area contributed by atoms with Crippen molar-refractivity contribution in [3.8, 4) is 17.2 Å². The first-order valence-corrected chi connectivity index (χ1v) is 13.5. The summed E-state index contributed by atoms with van der Waals surface area (Å²) in [5.41, 5.74) is 2.58. The zero-order chi connectivity index (χ0) is 27.0. The molecule has 4 aromatic rings. The molecule has 0 amide bonds. The second kappa shape index (κ2) is 11.0. The molecule has 38 heavy (non-hydrogen) atoms. The summed E-state index contributed by atoms with van der Waals surface area (Å²) in [6.45, 7) is 0.353. The summed E-state index contributed by atoms with van der Waals surface area (Å²) >= 11 is 21.2. The van der Waals surface area contributed by atoms with Crippen LogP contribution in [0.1, 0.15) is 39.7 Å². The molecule has 0 spiro atoms. The molecule has 1 aliphatic rings. The maximum Gasteiger partial charge on any atom is 0.311 e. The maximum absolute atomic E-state index is 11.0. The third-order valence-corrected chi connectivity index (χ3v) is 8.52. The van der Waals surface area contributed by atoms with Gasteiger partial charge in [-0.05, 0) is 41.5 Å². The van der Waals surface area contributed by atoms with Gasteiger partial charge in [-0.25, -0.2) is 4.98 Å². The van der Waals surface area contributed by atoms with E-state index in [0.29, 0.717) is 35.3 Å². The fourth-order valence-corrected chi connectivity index (χ4v) is 6.53. The first kappa shape index (κ1) is 26.6. The standard InChI is InChI=1S/C24H21Cl3N6O4S/c1-36-16-5-3-4-13(20(16)37-2)21-14-10-12(25)6-7-15(14)33-23(27)22(26)28-24(33)17(38-21)8-9-32-30-18(29-31-32)11-19(34)35/h3-7,10,17,21H,8-9,11H2,1-2H3,(H,34,35)/t17-,21-/m0/s1. The lowest BCUT2D eigenvalue weighted by atomic mass is 10.0. The lowest BCUT2D eigenvalue weighted by Gasteiger charge is -2.24. The number of carboxylic acids is 1. The van der Waals surface area contributed by atoms with Crippen LogP contribution in [0.25, 0.3) is 5.69 Å². The molecule has 2 aromatic heterocycles. The highest BCUT2D eigenvalue weighted by molar-refractivity contribution is 8.00. The van der Waals surface area contributed by atoms with Gasteiger partial charge in [-0.1, -0.05) is 46.9 Å². The molecule has 0 saturated carbocycles. The van der Waals surface area contributed by atoms with Crippen molar-refractivity contribution in [2.75, 3.05) is 14.2 Å². The second-order valence-corrected chi connectivity index (χ2v) is 10.8.